The fourth-order valence-electron chi connectivity index (χ4n) is 4.51. The van der Waals surface area contributed by atoms with E-state index < -0.39 is 0 Å². The molecular weight excluding hydrogens is 407 g/mol. The third-order valence-corrected chi connectivity index (χ3v) is 6.18. The van der Waals surface area contributed by atoms with Crippen molar-refractivity contribution in [3.05, 3.63) is 53.5 Å². The van der Waals surface area contributed by atoms with Crippen LogP contribution in [0.3, 0.4) is 0 Å². The summed E-state index contributed by atoms with van der Waals surface area (Å²) in [4.78, 5) is 23.3. The summed E-state index contributed by atoms with van der Waals surface area (Å²) in [6.07, 6.45) is 4.29. The highest BCUT2D eigenvalue weighted by molar-refractivity contribution is 5.75. The van der Waals surface area contributed by atoms with Gasteiger partial charge < -0.3 is 20.0 Å². The third-order valence-electron chi connectivity index (χ3n) is 6.18. The molecule has 1 N–H and O–H groups in total. The van der Waals surface area contributed by atoms with E-state index in [2.05, 4.69) is 21.3 Å². The second kappa shape index (κ2) is 9.86. The summed E-state index contributed by atoms with van der Waals surface area (Å²) in [6, 6.07) is 10.8. The van der Waals surface area contributed by atoms with Gasteiger partial charge in [0.1, 0.15) is 17.7 Å². The monoisotopic (exact) mass is 436 g/mol. The van der Waals surface area contributed by atoms with Gasteiger partial charge in [-0.1, -0.05) is 6.07 Å². The first-order chi connectivity index (χ1) is 15.5. The van der Waals surface area contributed by atoms with Crippen LogP contribution in [0.25, 0.3) is 0 Å². The van der Waals surface area contributed by atoms with Crippen molar-refractivity contribution in [1.82, 2.24) is 15.2 Å². The number of hydrogen-bond donors (Lipinski definition) is 1. The van der Waals surface area contributed by atoms with Crippen LogP contribution in [-0.4, -0.2) is 61.2 Å². The van der Waals surface area contributed by atoms with Crippen molar-refractivity contribution in [1.29, 1.82) is 5.26 Å². The minimum absolute atomic E-state index is 0.0171. The van der Waals surface area contributed by atoms with Gasteiger partial charge in [-0.3, -0.25) is 0 Å². The smallest absolute Gasteiger partial charge is 0.317 e. The predicted molar refractivity (Wildman–Crippen MR) is 122 cm³/mol. The lowest BCUT2D eigenvalue weighted by Gasteiger charge is -2.36. The zero-order chi connectivity index (χ0) is 22.5. The summed E-state index contributed by atoms with van der Waals surface area (Å²) < 4.78 is 14.3. The molecule has 2 fully saturated rings. The van der Waals surface area contributed by atoms with Crippen LogP contribution in [-0.2, 0) is 0 Å². The van der Waals surface area contributed by atoms with Crippen LogP contribution in [0, 0.1) is 24.1 Å². The summed E-state index contributed by atoms with van der Waals surface area (Å²) in [6.45, 7) is 5.95. The number of aromatic nitrogens is 1. The number of anilines is 2. The molecule has 3 heterocycles. The van der Waals surface area contributed by atoms with Gasteiger partial charge in [0.05, 0.1) is 11.3 Å². The number of nitrogens with zero attached hydrogens (tertiary/aromatic N) is 5. The van der Waals surface area contributed by atoms with Crippen LogP contribution in [0.1, 0.15) is 30.4 Å². The summed E-state index contributed by atoms with van der Waals surface area (Å²) in [5.74, 6) is 0.460. The molecule has 168 valence electrons. The Kier molecular flexibility index (Phi) is 6.74. The Morgan fingerprint density at radius 1 is 1.16 bits per heavy atom. The molecule has 0 saturated carbocycles. The van der Waals surface area contributed by atoms with Crippen LogP contribution in [0.4, 0.5) is 20.7 Å². The number of carbonyl (C=O) groups is 1. The van der Waals surface area contributed by atoms with Crippen LogP contribution < -0.4 is 15.1 Å². The van der Waals surface area contributed by atoms with E-state index in [1.54, 1.807) is 24.4 Å². The number of nitriles is 1. The van der Waals surface area contributed by atoms with Crippen LogP contribution in [0.2, 0.25) is 0 Å². The average molecular weight is 437 g/mol. The van der Waals surface area contributed by atoms with E-state index in [4.69, 9.17) is 0 Å². The second-order valence-electron chi connectivity index (χ2n) is 8.50. The average Bonchev–Trinajstić information content (AvgIpc) is 3.07. The second-order valence-corrected chi connectivity index (χ2v) is 8.50. The predicted octanol–water partition coefficient (Wildman–Crippen LogP) is 3.29. The fraction of sp³-hybridized carbons (Fsp3) is 0.458. The highest BCUT2D eigenvalue weighted by atomic mass is 19.1. The molecule has 0 spiro atoms. The summed E-state index contributed by atoms with van der Waals surface area (Å²) in [5.41, 5.74) is 2.18. The van der Waals surface area contributed by atoms with Crippen molar-refractivity contribution in [2.24, 2.45) is 0 Å². The minimum Gasteiger partial charge on any atom is -0.367 e. The maximum atomic E-state index is 14.3. The Morgan fingerprint density at radius 2 is 2.00 bits per heavy atom. The summed E-state index contributed by atoms with van der Waals surface area (Å²) >= 11 is 0. The lowest BCUT2D eigenvalue weighted by molar-refractivity contribution is 0.195. The molecule has 2 aliphatic heterocycles. The standard InChI is InChI=1S/C24H29FN6O/c1-18-7-8-21(25)22(15-18)31-10-3-6-20(17-31)28-24(32)30-12-4-11-29(13-14-30)23-19(16-26)5-2-9-27-23/h2,5,7-9,15,20H,3-4,6,10-14,17H2,1H3,(H,28,32). The maximum Gasteiger partial charge on any atom is 0.317 e. The van der Waals surface area contributed by atoms with Crippen molar-refractivity contribution in [2.45, 2.75) is 32.2 Å². The molecule has 0 bridgehead atoms. The molecule has 2 amide bonds. The van der Waals surface area contributed by atoms with Gasteiger partial charge in [-0.05, 0) is 56.0 Å². The number of carbonyl (C=O) groups excluding carboxylic acids is 1. The summed E-state index contributed by atoms with van der Waals surface area (Å²) in [7, 11) is 0. The van der Waals surface area contributed by atoms with E-state index in [0.29, 0.717) is 43.2 Å². The van der Waals surface area contributed by atoms with Gasteiger partial charge in [0.15, 0.2) is 0 Å². The Morgan fingerprint density at radius 3 is 2.84 bits per heavy atom. The highest BCUT2D eigenvalue weighted by Gasteiger charge is 2.26. The quantitative estimate of drug-likeness (QED) is 0.799. The number of nitrogens with one attached hydrogen (secondary N) is 1. The van der Waals surface area contributed by atoms with Gasteiger partial charge in [-0.15, -0.1) is 0 Å². The first-order valence-corrected chi connectivity index (χ1v) is 11.2. The van der Waals surface area contributed by atoms with E-state index in [0.717, 1.165) is 37.9 Å². The van der Waals surface area contributed by atoms with Crippen molar-refractivity contribution in [2.75, 3.05) is 49.1 Å². The number of pyridine rings is 1. The first-order valence-electron chi connectivity index (χ1n) is 11.2. The zero-order valence-electron chi connectivity index (χ0n) is 18.4. The number of rotatable bonds is 3. The molecule has 32 heavy (non-hydrogen) atoms. The molecule has 1 aromatic carbocycles. The Hall–Kier alpha value is -3.34. The summed E-state index contributed by atoms with van der Waals surface area (Å²) in [5, 5.41) is 12.5. The van der Waals surface area contributed by atoms with Crippen molar-refractivity contribution >= 4 is 17.5 Å². The molecular formula is C24H29FN6O. The van der Waals surface area contributed by atoms with E-state index in [1.807, 2.05) is 22.8 Å². The number of piperidine rings is 1. The number of hydrogen-bond acceptors (Lipinski definition) is 5. The maximum absolute atomic E-state index is 14.3. The Labute approximate surface area is 188 Å². The van der Waals surface area contributed by atoms with Crippen molar-refractivity contribution in [3.63, 3.8) is 0 Å². The molecule has 0 radical (unpaired) electrons. The highest BCUT2D eigenvalue weighted by Crippen LogP contribution is 2.25. The molecule has 8 heteroatoms. The topological polar surface area (TPSA) is 75.5 Å². The number of benzene rings is 1. The molecule has 1 unspecified atom stereocenters. The lowest BCUT2D eigenvalue weighted by atomic mass is 10.0. The van der Waals surface area contributed by atoms with E-state index in [1.165, 1.54) is 6.07 Å². The van der Waals surface area contributed by atoms with E-state index in [9.17, 15) is 14.4 Å². The number of aryl methyl sites for hydroxylation is 1. The Bertz CT molecular complexity index is 1010. The van der Waals surface area contributed by atoms with Gasteiger partial charge in [-0.2, -0.15) is 5.26 Å². The first kappa shape index (κ1) is 21.9. The molecule has 0 aliphatic carbocycles. The SMILES string of the molecule is Cc1ccc(F)c(N2CCCC(NC(=O)N3CCCN(c4ncccc4C#N)CC3)C2)c1. The van der Waals surface area contributed by atoms with E-state index >= 15 is 0 Å². The van der Waals surface area contributed by atoms with E-state index in [-0.39, 0.29) is 17.9 Å². The van der Waals surface area contributed by atoms with Gasteiger partial charge in [0, 0.05) is 51.5 Å². The van der Waals surface area contributed by atoms with Gasteiger partial charge >= 0.3 is 6.03 Å². The van der Waals surface area contributed by atoms with Crippen LogP contribution in [0.5, 0.6) is 0 Å². The Balaban J connectivity index is 1.36. The molecule has 7 nitrogen and oxygen atoms in total. The fourth-order valence-corrected chi connectivity index (χ4v) is 4.51. The van der Waals surface area contributed by atoms with Gasteiger partial charge in [0.2, 0.25) is 0 Å². The van der Waals surface area contributed by atoms with Crippen LogP contribution >= 0.6 is 0 Å². The largest absolute Gasteiger partial charge is 0.367 e. The van der Waals surface area contributed by atoms with Gasteiger partial charge in [0.25, 0.3) is 0 Å². The molecule has 2 saturated heterocycles. The number of halogens is 1. The van der Waals surface area contributed by atoms with Crippen molar-refractivity contribution < 1.29 is 9.18 Å². The molecule has 1 aromatic heterocycles. The van der Waals surface area contributed by atoms with Crippen molar-refractivity contribution in [3.8, 4) is 6.07 Å². The molecule has 2 aromatic rings. The molecule has 1 atom stereocenters. The normalized spacial score (nSPS) is 19.3. The number of urea groups is 1. The van der Waals surface area contributed by atoms with Gasteiger partial charge in [-0.25, -0.2) is 14.2 Å². The number of amides is 2. The zero-order valence-corrected chi connectivity index (χ0v) is 18.4. The molecule has 4 rings (SSSR count). The third kappa shape index (κ3) is 4.93. The molecule has 2 aliphatic rings. The minimum atomic E-state index is -0.221. The lowest BCUT2D eigenvalue weighted by Crippen LogP contribution is -2.52. The van der Waals surface area contributed by atoms with Crippen LogP contribution in [0.15, 0.2) is 36.5 Å².